The van der Waals surface area contributed by atoms with Gasteiger partial charge in [0.1, 0.15) is 0 Å². The maximum atomic E-state index is 4.06. The van der Waals surface area contributed by atoms with Gasteiger partial charge in [-0.2, -0.15) is 0 Å². The van der Waals surface area contributed by atoms with Crippen LogP contribution in [0.5, 0.6) is 0 Å². The van der Waals surface area contributed by atoms with Crippen LogP contribution in [0.15, 0.2) is 24.5 Å². The third-order valence-corrected chi connectivity index (χ3v) is 4.32. The highest BCUT2D eigenvalue weighted by Crippen LogP contribution is 2.13. The van der Waals surface area contributed by atoms with Crippen molar-refractivity contribution in [2.24, 2.45) is 0 Å². The van der Waals surface area contributed by atoms with E-state index in [2.05, 4.69) is 24.0 Å². The van der Waals surface area contributed by atoms with Gasteiger partial charge in [-0.3, -0.25) is 4.98 Å². The smallest absolute Gasteiger partial charge is 0.0270 e. The zero-order valence-corrected chi connectivity index (χ0v) is 16.9. The van der Waals surface area contributed by atoms with E-state index in [9.17, 15) is 0 Å². The lowest BCUT2D eigenvalue weighted by Gasteiger charge is -2.03. The van der Waals surface area contributed by atoms with Crippen molar-refractivity contribution in [3.8, 4) is 0 Å². The van der Waals surface area contributed by atoms with Crippen molar-refractivity contribution in [3.05, 3.63) is 30.1 Å². The van der Waals surface area contributed by atoms with Crippen molar-refractivity contribution >= 4 is 24.0 Å². The van der Waals surface area contributed by atoms with Gasteiger partial charge in [0.05, 0.1) is 0 Å². The molecule has 0 spiro atoms. The Morgan fingerprint density at radius 1 is 0.636 bits per heavy atom. The molecular weight excluding hydrogens is 381 g/mol. The molecular formula is C20H36IN. The summed E-state index contributed by atoms with van der Waals surface area (Å²) in [5.74, 6) is 0. The van der Waals surface area contributed by atoms with Crippen molar-refractivity contribution in [1.29, 1.82) is 0 Å². The van der Waals surface area contributed by atoms with Crippen LogP contribution >= 0.6 is 24.0 Å². The predicted molar refractivity (Wildman–Crippen MR) is 109 cm³/mol. The minimum atomic E-state index is 0. The Morgan fingerprint density at radius 2 is 1.05 bits per heavy atom. The molecule has 0 fully saturated rings. The molecule has 0 unspecified atom stereocenters. The minimum absolute atomic E-state index is 0. The number of hydrogen-bond acceptors (Lipinski definition) is 1. The van der Waals surface area contributed by atoms with E-state index in [1.54, 1.807) is 0 Å². The molecule has 2 heteroatoms. The summed E-state index contributed by atoms with van der Waals surface area (Å²) in [4.78, 5) is 4.06. The lowest BCUT2D eigenvalue weighted by molar-refractivity contribution is 0.539. The fourth-order valence-corrected chi connectivity index (χ4v) is 2.90. The Bertz CT molecular complexity index is 313. The van der Waals surface area contributed by atoms with E-state index in [0.29, 0.717) is 0 Å². The number of pyridine rings is 1. The SMILES string of the molecule is CCCCCCCCCCCCCCCc1ccncc1.I. The van der Waals surface area contributed by atoms with Gasteiger partial charge in [0, 0.05) is 12.4 Å². The Hall–Kier alpha value is -0.120. The van der Waals surface area contributed by atoms with Crippen LogP contribution in [0.1, 0.15) is 96.0 Å². The number of nitrogens with zero attached hydrogens (tertiary/aromatic N) is 1. The van der Waals surface area contributed by atoms with Crippen molar-refractivity contribution in [3.63, 3.8) is 0 Å². The summed E-state index contributed by atoms with van der Waals surface area (Å²) in [6.07, 6.45) is 23.6. The number of halogens is 1. The van der Waals surface area contributed by atoms with Crippen LogP contribution in [0, 0.1) is 0 Å². The fourth-order valence-electron chi connectivity index (χ4n) is 2.90. The number of unbranched alkanes of at least 4 members (excludes halogenated alkanes) is 12. The lowest BCUT2D eigenvalue weighted by Crippen LogP contribution is -1.87. The molecule has 0 aliphatic heterocycles. The average molecular weight is 417 g/mol. The van der Waals surface area contributed by atoms with E-state index in [4.69, 9.17) is 0 Å². The zero-order valence-electron chi connectivity index (χ0n) is 14.6. The number of rotatable bonds is 14. The standard InChI is InChI=1S/C20H35N.HI/c1-2-3-4-5-6-7-8-9-10-11-12-13-14-15-20-16-18-21-19-17-20;/h16-19H,2-15H2,1H3;1H. The van der Waals surface area contributed by atoms with Gasteiger partial charge in [0.15, 0.2) is 0 Å². The number of aryl methyl sites for hydroxylation is 1. The molecule has 128 valence electrons. The highest BCUT2D eigenvalue weighted by molar-refractivity contribution is 14.0. The maximum Gasteiger partial charge on any atom is 0.0270 e. The second-order valence-corrected chi connectivity index (χ2v) is 6.35. The lowest BCUT2D eigenvalue weighted by atomic mass is 10.0. The topological polar surface area (TPSA) is 12.9 Å². The molecule has 0 radical (unpaired) electrons. The largest absolute Gasteiger partial charge is 0.265 e. The second kappa shape index (κ2) is 17.2. The summed E-state index contributed by atoms with van der Waals surface area (Å²) >= 11 is 0. The van der Waals surface area contributed by atoms with Gasteiger partial charge >= 0.3 is 0 Å². The third-order valence-electron chi connectivity index (χ3n) is 4.32. The summed E-state index contributed by atoms with van der Waals surface area (Å²) in [5, 5.41) is 0. The molecule has 1 rings (SSSR count). The molecule has 0 aromatic carbocycles. The van der Waals surface area contributed by atoms with Crippen molar-refractivity contribution in [2.75, 3.05) is 0 Å². The Morgan fingerprint density at radius 3 is 1.50 bits per heavy atom. The van der Waals surface area contributed by atoms with Crippen LogP contribution in [0.25, 0.3) is 0 Å². The Kier molecular flexibility index (Phi) is 17.1. The number of aromatic nitrogens is 1. The molecule has 0 saturated heterocycles. The van der Waals surface area contributed by atoms with Gasteiger partial charge < -0.3 is 0 Å². The highest BCUT2D eigenvalue weighted by atomic mass is 127. The van der Waals surface area contributed by atoms with E-state index >= 15 is 0 Å². The molecule has 0 N–H and O–H groups in total. The van der Waals surface area contributed by atoms with Crippen molar-refractivity contribution < 1.29 is 0 Å². The van der Waals surface area contributed by atoms with E-state index in [0.717, 1.165) is 0 Å². The molecule has 1 heterocycles. The summed E-state index contributed by atoms with van der Waals surface area (Å²) < 4.78 is 0. The van der Waals surface area contributed by atoms with E-state index < -0.39 is 0 Å². The first kappa shape index (κ1) is 21.9. The average Bonchev–Trinajstić information content (AvgIpc) is 2.53. The molecule has 0 aliphatic carbocycles. The van der Waals surface area contributed by atoms with E-state index in [1.807, 2.05) is 12.4 Å². The Labute approximate surface area is 155 Å². The van der Waals surface area contributed by atoms with Crippen LogP contribution < -0.4 is 0 Å². The molecule has 0 amide bonds. The van der Waals surface area contributed by atoms with Crippen LogP contribution in [0.2, 0.25) is 0 Å². The zero-order chi connectivity index (χ0) is 15.0. The first-order valence-electron chi connectivity index (χ1n) is 9.32. The Balaban J connectivity index is 0.00000441. The van der Waals surface area contributed by atoms with E-state index in [-0.39, 0.29) is 24.0 Å². The van der Waals surface area contributed by atoms with Crippen LogP contribution in [0.4, 0.5) is 0 Å². The fraction of sp³-hybridized carbons (Fsp3) is 0.750. The van der Waals surface area contributed by atoms with Gasteiger partial charge in [-0.05, 0) is 30.5 Å². The normalized spacial score (nSPS) is 10.4. The van der Waals surface area contributed by atoms with Crippen molar-refractivity contribution in [2.45, 2.75) is 96.8 Å². The highest BCUT2D eigenvalue weighted by Gasteiger charge is 1.95. The predicted octanol–water partition coefficient (Wildman–Crippen LogP) is 7.33. The summed E-state index contributed by atoms with van der Waals surface area (Å²) in [6.45, 7) is 2.29. The summed E-state index contributed by atoms with van der Waals surface area (Å²) in [5.41, 5.74) is 1.44. The second-order valence-electron chi connectivity index (χ2n) is 6.35. The van der Waals surface area contributed by atoms with Gasteiger partial charge in [-0.25, -0.2) is 0 Å². The third kappa shape index (κ3) is 13.5. The van der Waals surface area contributed by atoms with Crippen LogP contribution in [-0.2, 0) is 6.42 Å². The first-order chi connectivity index (χ1) is 10.4. The van der Waals surface area contributed by atoms with Gasteiger partial charge in [0.2, 0.25) is 0 Å². The molecule has 0 aliphatic rings. The quantitative estimate of drug-likeness (QED) is 0.228. The monoisotopic (exact) mass is 417 g/mol. The minimum Gasteiger partial charge on any atom is -0.265 e. The van der Waals surface area contributed by atoms with Crippen LogP contribution in [0.3, 0.4) is 0 Å². The van der Waals surface area contributed by atoms with Crippen molar-refractivity contribution in [1.82, 2.24) is 4.98 Å². The van der Waals surface area contributed by atoms with Gasteiger partial charge in [-0.1, -0.05) is 84.0 Å². The molecule has 1 nitrogen and oxygen atoms in total. The van der Waals surface area contributed by atoms with Gasteiger partial charge in [0.25, 0.3) is 0 Å². The summed E-state index contributed by atoms with van der Waals surface area (Å²) in [7, 11) is 0. The van der Waals surface area contributed by atoms with E-state index in [1.165, 1.54) is 95.5 Å². The molecule has 0 saturated carbocycles. The number of hydrogen-bond donors (Lipinski definition) is 0. The van der Waals surface area contributed by atoms with Gasteiger partial charge in [-0.15, -0.1) is 24.0 Å². The molecule has 22 heavy (non-hydrogen) atoms. The molecule has 1 aromatic heterocycles. The first-order valence-corrected chi connectivity index (χ1v) is 9.32. The maximum absolute atomic E-state index is 4.06. The molecule has 0 atom stereocenters. The molecule has 1 aromatic rings. The molecule has 0 bridgehead atoms. The van der Waals surface area contributed by atoms with Crippen LogP contribution in [-0.4, -0.2) is 4.98 Å². The summed E-state index contributed by atoms with van der Waals surface area (Å²) in [6, 6.07) is 4.28.